The predicted octanol–water partition coefficient (Wildman–Crippen LogP) is 5.23. The quantitative estimate of drug-likeness (QED) is 0.355. The molecule has 10 heteroatoms. The normalized spacial score (nSPS) is 15.9. The number of rotatable bonds is 7. The van der Waals surface area contributed by atoms with Crippen LogP contribution in [0.15, 0.2) is 48.9 Å². The number of H-pyrrole nitrogens is 1. The summed E-state index contributed by atoms with van der Waals surface area (Å²) in [6.45, 7) is 1.89. The van der Waals surface area contributed by atoms with Gasteiger partial charge in [0.2, 0.25) is 5.91 Å². The molecule has 0 spiro atoms. The highest BCUT2D eigenvalue weighted by atomic mass is 35.5. The molecule has 1 atom stereocenters. The molecule has 0 bridgehead atoms. The number of nitrogens with zero attached hydrogens (tertiary/aromatic N) is 4. The summed E-state index contributed by atoms with van der Waals surface area (Å²) < 4.78 is 27.6. The predicted molar refractivity (Wildman–Crippen MR) is 135 cm³/mol. The summed E-state index contributed by atoms with van der Waals surface area (Å²) >= 11 is 6.08. The largest absolute Gasteiger partial charge is 0.368 e. The summed E-state index contributed by atoms with van der Waals surface area (Å²) in [5, 5.41) is 4.34. The van der Waals surface area contributed by atoms with E-state index in [2.05, 4.69) is 25.3 Å². The number of hydrogen-bond acceptors (Lipinski definition) is 5. The van der Waals surface area contributed by atoms with Gasteiger partial charge < -0.3 is 15.2 Å². The Balaban J connectivity index is 1.19. The second kappa shape index (κ2) is 10.6. The van der Waals surface area contributed by atoms with E-state index in [0.29, 0.717) is 41.1 Å². The van der Waals surface area contributed by atoms with Crippen molar-refractivity contribution in [3.05, 3.63) is 71.1 Å². The number of anilines is 1. The van der Waals surface area contributed by atoms with Crippen molar-refractivity contribution in [1.82, 2.24) is 24.8 Å². The zero-order chi connectivity index (χ0) is 25.1. The lowest BCUT2D eigenvalue weighted by molar-refractivity contribution is -0.132. The summed E-state index contributed by atoms with van der Waals surface area (Å²) in [5.41, 5.74) is 2.13. The summed E-state index contributed by atoms with van der Waals surface area (Å²) in [6.07, 6.45) is 7.38. The van der Waals surface area contributed by atoms with Crippen molar-refractivity contribution in [3.63, 3.8) is 0 Å². The summed E-state index contributed by atoms with van der Waals surface area (Å²) in [6, 6.07) is 7.79. The lowest BCUT2D eigenvalue weighted by atomic mass is 9.94. The SMILES string of the molecule is O=C(Cc1ccc(F)cc1)N1CCC[C@H](CCNc2nc(-c3c[nH]c4ncc(Cl)cc34)ncc2F)C1. The third-order valence-electron chi connectivity index (χ3n) is 6.47. The molecule has 0 unspecified atom stereocenters. The van der Waals surface area contributed by atoms with Crippen LogP contribution < -0.4 is 5.32 Å². The van der Waals surface area contributed by atoms with Gasteiger partial charge in [0.25, 0.3) is 0 Å². The number of carbonyl (C=O) groups excluding carboxylic acids is 1. The fraction of sp³-hybridized carbons (Fsp3) is 0.308. The van der Waals surface area contributed by atoms with Crippen LogP contribution in [0, 0.1) is 17.6 Å². The first-order valence-electron chi connectivity index (χ1n) is 11.9. The van der Waals surface area contributed by atoms with Crippen LogP contribution in [0.5, 0.6) is 0 Å². The number of amides is 1. The number of fused-ring (bicyclic) bond motifs is 1. The minimum Gasteiger partial charge on any atom is -0.368 e. The molecule has 5 rings (SSSR count). The van der Waals surface area contributed by atoms with Crippen LogP contribution in [0.1, 0.15) is 24.8 Å². The maximum absolute atomic E-state index is 14.4. The van der Waals surface area contributed by atoms with E-state index in [1.807, 2.05) is 4.90 Å². The van der Waals surface area contributed by atoms with Gasteiger partial charge in [-0.05, 0) is 48.9 Å². The maximum atomic E-state index is 14.4. The van der Waals surface area contributed by atoms with Crippen LogP contribution in [-0.2, 0) is 11.2 Å². The molecular weight excluding hydrogens is 486 g/mol. The molecule has 186 valence electrons. The van der Waals surface area contributed by atoms with Gasteiger partial charge in [-0.25, -0.2) is 23.7 Å². The molecule has 4 heterocycles. The number of aromatic amines is 1. The summed E-state index contributed by atoms with van der Waals surface area (Å²) in [4.78, 5) is 30.4. The molecule has 0 radical (unpaired) electrons. The van der Waals surface area contributed by atoms with Crippen LogP contribution in [0.4, 0.5) is 14.6 Å². The molecule has 0 aliphatic carbocycles. The number of hydrogen-bond donors (Lipinski definition) is 2. The van der Waals surface area contributed by atoms with Gasteiger partial charge in [-0.1, -0.05) is 23.7 Å². The van der Waals surface area contributed by atoms with Crippen molar-refractivity contribution >= 4 is 34.4 Å². The Morgan fingerprint density at radius 3 is 2.86 bits per heavy atom. The molecule has 3 aromatic heterocycles. The van der Waals surface area contributed by atoms with Gasteiger partial charge in [0.15, 0.2) is 17.5 Å². The molecule has 1 amide bonds. The van der Waals surface area contributed by atoms with Gasteiger partial charge >= 0.3 is 0 Å². The first-order valence-corrected chi connectivity index (χ1v) is 12.3. The molecule has 7 nitrogen and oxygen atoms in total. The van der Waals surface area contributed by atoms with E-state index in [1.165, 1.54) is 12.1 Å². The molecule has 1 saturated heterocycles. The van der Waals surface area contributed by atoms with Gasteiger partial charge in [-0.2, -0.15) is 0 Å². The number of piperidine rings is 1. The highest BCUT2D eigenvalue weighted by molar-refractivity contribution is 6.31. The lowest BCUT2D eigenvalue weighted by Crippen LogP contribution is -2.41. The molecular formula is C26H25ClF2N6O. The number of aromatic nitrogens is 4. The Morgan fingerprint density at radius 1 is 1.19 bits per heavy atom. The Bertz CT molecular complexity index is 1380. The van der Waals surface area contributed by atoms with Crippen LogP contribution in [0.25, 0.3) is 22.4 Å². The number of benzene rings is 1. The smallest absolute Gasteiger partial charge is 0.226 e. The van der Waals surface area contributed by atoms with Crippen molar-refractivity contribution in [3.8, 4) is 11.4 Å². The van der Waals surface area contributed by atoms with Gasteiger partial charge in [0.1, 0.15) is 11.5 Å². The third kappa shape index (κ3) is 5.46. The minimum atomic E-state index is -0.533. The zero-order valence-electron chi connectivity index (χ0n) is 19.5. The Kier molecular flexibility index (Phi) is 7.09. The molecule has 0 saturated carbocycles. The standard InChI is InChI=1S/C26H25ClF2N6O/c27-18-11-20-21(13-32-24(20)31-12-18)25-33-14-22(29)26(34-25)30-8-7-17-2-1-9-35(15-17)23(36)10-16-3-5-19(28)6-4-16/h3-6,11-14,17H,1-2,7-10,15H2,(H,31,32)(H,30,33,34)/t17-/m1/s1. The number of halogens is 3. The van der Waals surface area contributed by atoms with Crippen LogP contribution >= 0.6 is 11.6 Å². The van der Waals surface area contributed by atoms with Crippen molar-refractivity contribution in [2.24, 2.45) is 5.92 Å². The summed E-state index contributed by atoms with van der Waals surface area (Å²) in [7, 11) is 0. The lowest BCUT2D eigenvalue weighted by Gasteiger charge is -2.33. The van der Waals surface area contributed by atoms with Gasteiger partial charge in [0.05, 0.1) is 17.6 Å². The van der Waals surface area contributed by atoms with E-state index >= 15 is 0 Å². The fourth-order valence-corrected chi connectivity index (χ4v) is 4.75. The monoisotopic (exact) mass is 510 g/mol. The van der Waals surface area contributed by atoms with Crippen LogP contribution in [0.2, 0.25) is 5.02 Å². The first-order chi connectivity index (χ1) is 17.5. The fourth-order valence-electron chi connectivity index (χ4n) is 4.59. The average molecular weight is 511 g/mol. The average Bonchev–Trinajstić information content (AvgIpc) is 3.30. The van der Waals surface area contributed by atoms with E-state index in [9.17, 15) is 13.6 Å². The Morgan fingerprint density at radius 2 is 2.03 bits per heavy atom. The highest BCUT2D eigenvalue weighted by Gasteiger charge is 2.24. The Hall–Kier alpha value is -3.59. The van der Waals surface area contributed by atoms with Crippen molar-refractivity contribution in [1.29, 1.82) is 0 Å². The number of pyridine rings is 1. The van der Waals surface area contributed by atoms with E-state index in [1.54, 1.807) is 30.6 Å². The van der Waals surface area contributed by atoms with Crippen molar-refractivity contribution in [2.45, 2.75) is 25.7 Å². The zero-order valence-corrected chi connectivity index (χ0v) is 20.2. The van der Waals surface area contributed by atoms with Gasteiger partial charge in [-0.3, -0.25) is 4.79 Å². The van der Waals surface area contributed by atoms with Gasteiger partial charge in [0, 0.05) is 43.0 Å². The van der Waals surface area contributed by atoms with E-state index in [4.69, 9.17) is 11.6 Å². The summed E-state index contributed by atoms with van der Waals surface area (Å²) in [5.74, 6) is -0.0103. The van der Waals surface area contributed by atoms with E-state index < -0.39 is 5.82 Å². The molecule has 1 aliphatic rings. The number of likely N-dealkylation sites (tertiary alicyclic amines) is 1. The third-order valence-corrected chi connectivity index (χ3v) is 6.67. The van der Waals surface area contributed by atoms with Crippen molar-refractivity contribution < 1.29 is 13.6 Å². The topological polar surface area (TPSA) is 86.8 Å². The second-order valence-corrected chi connectivity index (χ2v) is 9.45. The van der Waals surface area contributed by atoms with Crippen LogP contribution in [-0.4, -0.2) is 50.4 Å². The maximum Gasteiger partial charge on any atom is 0.226 e. The second-order valence-electron chi connectivity index (χ2n) is 9.01. The first kappa shape index (κ1) is 24.1. The highest BCUT2D eigenvalue weighted by Crippen LogP contribution is 2.28. The molecule has 36 heavy (non-hydrogen) atoms. The molecule has 1 fully saturated rings. The van der Waals surface area contributed by atoms with E-state index in [-0.39, 0.29) is 24.0 Å². The minimum absolute atomic E-state index is 0.0408. The van der Waals surface area contributed by atoms with Crippen molar-refractivity contribution in [2.75, 3.05) is 25.0 Å². The number of carbonyl (C=O) groups is 1. The van der Waals surface area contributed by atoms with Gasteiger partial charge in [-0.15, -0.1) is 0 Å². The Labute approximate surface area is 211 Å². The molecule has 4 aromatic rings. The molecule has 1 aromatic carbocycles. The van der Waals surface area contributed by atoms with Crippen LogP contribution in [0.3, 0.4) is 0 Å². The van der Waals surface area contributed by atoms with E-state index in [0.717, 1.165) is 43.0 Å². The molecule has 2 N–H and O–H groups in total. The number of nitrogens with one attached hydrogen (secondary N) is 2. The molecule has 1 aliphatic heterocycles.